The summed E-state index contributed by atoms with van der Waals surface area (Å²) in [7, 11) is 1.41. The number of hydrogen-bond acceptors (Lipinski definition) is 8. The van der Waals surface area contributed by atoms with Crippen LogP contribution in [0.1, 0.15) is 23.8 Å². The maximum absolute atomic E-state index is 13.0. The van der Waals surface area contributed by atoms with Crippen molar-refractivity contribution in [3.05, 3.63) is 65.3 Å². The molecule has 166 valence electrons. The van der Waals surface area contributed by atoms with E-state index in [1.54, 1.807) is 20.0 Å². The molecule has 0 amide bonds. The zero-order valence-electron chi connectivity index (χ0n) is 17.3. The van der Waals surface area contributed by atoms with Crippen LogP contribution in [0.3, 0.4) is 0 Å². The molecule has 3 rings (SSSR count). The van der Waals surface area contributed by atoms with Gasteiger partial charge in [-0.2, -0.15) is 4.98 Å². The van der Waals surface area contributed by atoms with E-state index in [4.69, 9.17) is 15.0 Å². The Kier molecular flexibility index (Phi) is 6.59. The number of ether oxygens (including phenoxy) is 2. The van der Waals surface area contributed by atoms with Crippen LogP contribution in [-0.4, -0.2) is 49.7 Å². The van der Waals surface area contributed by atoms with E-state index in [9.17, 15) is 19.5 Å². The summed E-state index contributed by atoms with van der Waals surface area (Å²) in [4.78, 5) is 44.4. The van der Waals surface area contributed by atoms with E-state index in [2.05, 4.69) is 15.0 Å². The van der Waals surface area contributed by atoms with Gasteiger partial charge in [-0.05, 0) is 19.4 Å². The highest BCUT2D eigenvalue weighted by Crippen LogP contribution is 2.29. The maximum atomic E-state index is 13.0. The molecular formula is C18H23N7O6. The molecule has 1 saturated heterocycles. The third-order valence-corrected chi connectivity index (χ3v) is 5.15. The summed E-state index contributed by atoms with van der Waals surface area (Å²) in [6.45, 7) is 2.89. The van der Waals surface area contributed by atoms with Crippen molar-refractivity contribution in [3.8, 4) is 5.88 Å². The van der Waals surface area contributed by atoms with Gasteiger partial charge in [0.2, 0.25) is 5.88 Å². The second kappa shape index (κ2) is 9.16. The SMILES string of the molecule is COc1nc(=O)n(CCn2c(=O)c(C)cn([C@H]3C[C@H](N=[N+]=[N-])[C@@H](CO)O3)c2=O)cc1C. The van der Waals surface area contributed by atoms with Gasteiger partial charge in [0.05, 0.1) is 25.9 Å². The molecule has 1 aliphatic rings. The number of aryl methyl sites for hydroxylation is 3. The number of hydrogen-bond donors (Lipinski definition) is 1. The fourth-order valence-electron chi connectivity index (χ4n) is 3.56. The fraction of sp³-hybridized carbons (Fsp3) is 0.556. The van der Waals surface area contributed by atoms with Gasteiger partial charge in [-0.3, -0.25) is 18.5 Å². The zero-order chi connectivity index (χ0) is 22.7. The number of aliphatic hydroxyl groups excluding tert-OH is 1. The summed E-state index contributed by atoms with van der Waals surface area (Å²) in [5, 5.41) is 13.1. The summed E-state index contributed by atoms with van der Waals surface area (Å²) in [6.07, 6.45) is 1.54. The zero-order valence-corrected chi connectivity index (χ0v) is 17.3. The summed E-state index contributed by atoms with van der Waals surface area (Å²) >= 11 is 0. The number of methoxy groups -OCH3 is 1. The Morgan fingerprint density at radius 2 is 2.03 bits per heavy atom. The number of aromatic nitrogens is 4. The van der Waals surface area contributed by atoms with Crippen molar-refractivity contribution in [2.45, 2.75) is 51.7 Å². The summed E-state index contributed by atoms with van der Waals surface area (Å²) < 4.78 is 14.2. The van der Waals surface area contributed by atoms with Gasteiger partial charge in [0.15, 0.2) is 0 Å². The Balaban J connectivity index is 1.93. The van der Waals surface area contributed by atoms with Gasteiger partial charge in [0, 0.05) is 47.9 Å². The second-order valence-electron chi connectivity index (χ2n) is 7.19. The van der Waals surface area contributed by atoms with Crippen LogP contribution < -0.4 is 21.7 Å². The molecule has 3 heterocycles. The molecule has 13 heteroatoms. The number of rotatable bonds is 7. The molecule has 3 atom stereocenters. The molecule has 1 N–H and O–H groups in total. The van der Waals surface area contributed by atoms with E-state index in [1.807, 2.05) is 0 Å². The van der Waals surface area contributed by atoms with Gasteiger partial charge in [-0.1, -0.05) is 5.11 Å². The first-order valence-electron chi connectivity index (χ1n) is 9.55. The van der Waals surface area contributed by atoms with Crippen LogP contribution in [0.4, 0.5) is 0 Å². The van der Waals surface area contributed by atoms with Crippen molar-refractivity contribution in [3.63, 3.8) is 0 Å². The third kappa shape index (κ3) is 4.38. The Hall–Kier alpha value is -3.41. The maximum Gasteiger partial charge on any atom is 0.350 e. The molecule has 0 saturated carbocycles. The van der Waals surface area contributed by atoms with Crippen molar-refractivity contribution >= 4 is 0 Å². The van der Waals surface area contributed by atoms with Crippen molar-refractivity contribution in [2.24, 2.45) is 5.11 Å². The van der Waals surface area contributed by atoms with Crippen LogP contribution in [0.2, 0.25) is 0 Å². The van der Waals surface area contributed by atoms with Gasteiger partial charge in [-0.15, -0.1) is 0 Å². The quantitative estimate of drug-likeness (QED) is 0.360. The molecule has 2 aromatic heterocycles. The summed E-state index contributed by atoms with van der Waals surface area (Å²) in [5.74, 6) is 0.211. The van der Waals surface area contributed by atoms with Crippen molar-refractivity contribution in [1.82, 2.24) is 18.7 Å². The standard InChI is InChI=1S/C18H23N7O6/c1-10-7-23(17(28)20-15(10)30-3)4-5-24-16(27)11(2)8-25(18(24)29)14-6-12(21-22-19)13(9-26)31-14/h7-8,12-14,26H,4-6,9H2,1-3H3/t12-,13+,14+/m0/s1. The second-order valence-corrected chi connectivity index (χ2v) is 7.19. The Labute approximate surface area is 175 Å². The molecule has 0 radical (unpaired) electrons. The Bertz CT molecular complexity index is 1190. The van der Waals surface area contributed by atoms with Crippen molar-refractivity contribution < 1.29 is 14.6 Å². The first-order valence-corrected chi connectivity index (χ1v) is 9.55. The minimum atomic E-state index is -0.807. The predicted octanol–water partition coefficient (Wildman–Crippen LogP) is -0.149. The monoisotopic (exact) mass is 433 g/mol. The van der Waals surface area contributed by atoms with E-state index in [0.29, 0.717) is 11.1 Å². The Morgan fingerprint density at radius 3 is 2.68 bits per heavy atom. The molecule has 0 unspecified atom stereocenters. The van der Waals surface area contributed by atoms with Gasteiger partial charge in [-0.25, -0.2) is 9.59 Å². The van der Waals surface area contributed by atoms with Gasteiger partial charge in [0.25, 0.3) is 5.56 Å². The number of nitrogens with zero attached hydrogens (tertiary/aromatic N) is 7. The summed E-state index contributed by atoms with van der Waals surface area (Å²) in [5.41, 5.74) is 7.94. The molecule has 31 heavy (non-hydrogen) atoms. The highest BCUT2D eigenvalue weighted by atomic mass is 16.5. The van der Waals surface area contributed by atoms with Crippen LogP contribution in [0.5, 0.6) is 5.88 Å². The number of aliphatic hydroxyl groups is 1. The largest absolute Gasteiger partial charge is 0.481 e. The molecule has 2 aromatic rings. The predicted molar refractivity (Wildman–Crippen MR) is 108 cm³/mol. The highest BCUT2D eigenvalue weighted by molar-refractivity contribution is 5.20. The fourth-order valence-corrected chi connectivity index (χ4v) is 3.56. The Morgan fingerprint density at radius 1 is 1.29 bits per heavy atom. The van der Waals surface area contributed by atoms with E-state index < -0.39 is 35.3 Å². The van der Waals surface area contributed by atoms with E-state index in [1.165, 1.54) is 22.4 Å². The minimum Gasteiger partial charge on any atom is -0.481 e. The van der Waals surface area contributed by atoms with Crippen molar-refractivity contribution in [1.29, 1.82) is 0 Å². The first kappa shape index (κ1) is 22.3. The molecule has 0 bridgehead atoms. The molecular weight excluding hydrogens is 410 g/mol. The molecule has 0 spiro atoms. The molecule has 0 aliphatic carbocycles. The van der Waals surface area contributed by atoms with Gasteiger partial charge < -0.3 is 14.6 Å². The van der Waals surface area contributed by atoms with Gasteiger partial charge >= 0.3 is 11.4 Å². The molecule has 0 aromatic carbocycles. The smallest absolute Gasteiger partial charge is 0.350 e. The molecule has 1 fully saturated rings. The summed E-state index contributed by atoms with van der Waals surface area (Å²) in [6, 6.07) is -0.639. The third-order valence-electron chi connectivity index (χ3n) is 5.15. The van der Waals surface area contributed by atoms with E-state index >= 15 is 0 Å². The topological polar surface area (TPSA) is 166 Å². The normalized spacial score (nSPS) is 20.5. The van der Waals surface area contributed by atoms with E-state index in [-0.39, 0.29) is 32.0 Å². The van der Waals surface area contributed by atoms with Gasteiger partial charge in [0.1, 0.15) is 6.23 Å². The van der Waals surface area contributed by atoms with Crippen LogP contribution >= 0.6 is 0 Å². The van der Waals surface area contributed by atoms with E-state index in [0.717, 1.165) is 4.57 Å². The lowest BCUT2D eigenvalue weighted by atomic mass is 10.1. The lowest BCUT2D eigenvalue weighted by molar-refractivity contribution is -0.0277. The van der Waals surface area contributed by atoms with Crippen LogP contribution in [0.25, 0.3) is 10.4 Å². The lowest BCUT2D eigenvalue weighted by Crippen LogP contribution is -2.43. The minimum absolute atomic E-state index is 0.0431. The number of azide groups is 1. The molecule has 1 aliphatic heterocycles. The van der Waals surface area contributed by atoms with Crippen LogP contribution in [-0.2, 0) is 17.8 Å². The van der Waals surface area contributed by atoms with Crippen molar-refractivity contribution in [2.75, 3.05) is 13.7 Å². The average Bonchev–Trinajstić information content (AvgIpc) is 3.15. The van der Waals surface area contributed by atoms with Crippen LogP contribution in [0.15, 0.2) is 31.9 Å². The van der Waals surface area contributed by atoms with Crippen LogP contribution in [0, 0.1) is 13.8 Å². The highest BCUT2D eigenvalue weighted by Gasteiger charge is 2.36. The average molecular weight is 433 g/mol. The molecule has 13 nitrogen and oxygen atoms in total. The lowest BCUT2D eigenvalue weighted by Gasteiger charge is -2.18. The first-order chi connectivity index (χ1) is 14.8.